The van der Waals surface area contributed by atoms with Gasteiger partial charge in [-0.3, -0.25) is 11.3 Å². The lowest BCUT2D eigenvalue weighted by molar-refractivity contribution is 0.106. The van der Waals surface area contributed by atoms with Gasteiger partial charge in [0.15, 0.2) is 11.5 Å². The van der Waals surface area contributed by atoms with Crippen molar-refractivity contribution in [2.45, 2.75) is 45.8 Å². The Kier molecular flexibility index (Phi) is 8.12. The summed E-state index contributed by atoms with van der Waals surface area (Å²) in [5.74, 6) is 7.22. The van der Waals surface area contributed by atoms with Crippen LogP contribution in [0.4, 0.5) is 0 Å². The van der Waals surface area contributed by atoms with Crippen molar-refractivity contribution in [2.24, 2.45) is 5.84 Å². The monoisotopic (exact) mass is 296 g/mol. The second-order valence-corrected chi connectivity index (χ2v) is 4.92. The molecule has 3 N–H and O–H groups in total. The third kappa shape index (κ3) is 5.53. The summed E-state index contributed by atoms with van der Waals surface area (Å²) in [7, 11) is 1.72. The van der Waals surface area contributed by atoms with Gasteiger partial charge in [-0.15, -0.1) is 0 Å². The first-order valence-corrected chi connectivity index (χ1v) is 7.54. The van der Waals surface area contributed by atoms with Gasteiger partial charge in [-0.25, -0.2) is 0 Å². The Labute approximate surface area is 127 Å². The van der Waals surface area contributed by atoms with Crippen molar-refractivity contribution in [2.75, 3.05) is 20.3 Å². The highest BCUT2D eigenvalue weighted by Gasteiger charge is 2.15. The van der Waals surface area contributed by atoms with E-state index in [4.69, 9.17) is 20.1 Å². The molecule has 2 atom stereocenters. The van der Waals surface area contributed by atoms with E-state index < -0.39 is 0 Å². The van der Waals surface area contributed by atoms with Crippen LogP contribution in [0.1, 0.15) is 45.2 Å². The predicted octanol–water partition coefficient (Wildman–Crippen LogP) is 2.80. The summed E-state index contributed by atoms with van der Waals surface area (Å²) in [6, 6.07) is 6.03. The average molecular weight is 296 g/mol. The smallest absolute Gasteiger partial charge is 0.161 e. The first-order chi connectivity index (χ1) is 10.2. The van der Waals surface area contributed by atoms with Crippen molar-refractivity contribution >= 4 is 0 Å². The molecule has 5 nitrogen and oxygen atoms in total. The van der Waals surface area contributed by atoms with Crippen LogP contribution in [-0.4, -0.2) is 26.4 Å². The molecule has 0 aliphatic rings. The molecule has 0 heterocycles. The van der Waals surface area contributed by atoms with E-state index in [2.05, 4.69) is 12.3 Å². The molecule has 0 radical (unpaired) electrons. The number of ether oxygens (including phenoxy) is 3. The highest BCUT2D eigenvalue weighted by Crippen LogP contribution is 2.32. The molecule has 0 bridgehead atoms. The molecule has 5 heteroatoms. The molecule has 21 heavy (non-hydrogen) atoms. The van der Waals surface area contributed by atoms with Crippen LogP contribution in [0.3, 0.4) is 0 Å². The van der Waals surface area contributed by atoms with Gasteiger partial charge in [0.25, 0.3) is 0 Å². The molecule has 0 amide bonds. The van der Waals surface area contributed by atoms with Gasteiger partial charge in [0.05, 0.1) is 19.3 Å². The molecule has 1 aromatic rings. The number of nitrogens with two attached hydrogens (primary N) is 1. The minimum Gasteiger partial charge on any atom is -0.490 e. The van der Waals surface area contributed by atoms with Gasteiger partial charge in [-0.2, -0.15) is 0 Å². The fourth-order valence-electron chi connectivity index (χ4n) is 2.15. The average Bonchev–Trinajstić information content (AvgIpc) is 2.50. The van der Waals surface area contributed by atoms with E-state index in [1.54, 1.807) is 7.11 Å². The van der Waals surface area contributed by atoms with Crippen LogP contribution >= 0.6 is 0 Å². The van der Waals surface area contributed by atoms with Crippen molar-refractivity contribution < 1.29 is 14.2 Å². The Morgan fingerprint density at radius 3 is 2.33 bits per heavy atom. The molecule has 1 rings (SSSR count). The zero-order valence-electron chi connectivity index (χ0n) is 13.5. The van der Waals surface area contributed by atoms with E-state index in [-0.39, 0.29) is 12.1 Å². The third-order valence-corrected chi connectivity index (χ3v) is 3.44. The van der Waals surface area contributed by atoms with E-state index >= 15 is 0 Å². The maximum absolute atomic E-state index is 5.69. The molecule has 0 saturated carbocycles. The van der Waals surface area contributed by atoms with Crippen LogP contribution < -0.4 is 20.7 Å². The number of rotatable bonds is 10. The quantitative estimate of drug-likeness (QED) is 0.513. The van der Waals surface area contributed by atoms with E-state index in [1.165, 1.54) is 0 Å². The number of methoxy groups -OCH3 is 1. The van der Waals surface area contributed by atoms with Gasteiger partial charge in [0.2, 0.25) is 0 Å². The molecule has 0 saturated heterocycles. The van der Waals surface area contributed by atoms with Crippen LogP contribution in [0.15, 0.2) is 18.2 Å². The van der Waals surface area contributed by atoms with Crippen molar-refractivity contribution in [3.63, 3.8) is 0 Å². The van der Waals surface area contributed by atoms with Gasteiger partial charge in [-0.1, -0.05) is 6.07 Å². The van der Waals surface area contributed by atoms with Crippen molar-refractivity contribution in [3.05, 3.63) is 23.8 Å². The highest BCUT2D eigenvalue weighted by molar-refractivity contribution is 5.44. The standard InChI is InChI=1S/C16H28N2O3/c1-5-20-15-10-8-13(11-16(15)21-6-2)14(18-17)9-7-12(3)19-4/h8,10-12,14,18H,5-7,9,17H2,1-4H3. The zero-order valence-corrected chi connectivity index (χ0v) is 13.5. The summed E-state index contributed by atoms with van der Waals surface area (Å²) in [5.41, 5.74) is 3.96. The van der Waals surface area contributed by atoms with Gasteiger partial charge < -0.3 is 14.2 Å². The normalized spacial score (nSPS) is 13.8. The summed E-state index contributed by atoms with van der Waals surface area (Å²) >= 11 is 0. The minimum absolute atomic E-state index is 0.0671. The lowest BCUT2D eigenvalue weighted by atomic mass is 10.0. The van der Waals surface area contributed by atoms with Crippen molar-refractivity contribution in [1.29, 1.82) is 0 Å². The van der Waals surface area contributed by atoms with Crippen molar-refractivity contribution in [1.82, 2.24) is 5.43 Å². The fraction of sp³-hybridized carbons (Fsp3) is 0.625. The minimum atomic E-state index is 0.0671. The number of hydrogen-bond donors (Lipinski definition) is 2. The lowest BCUT2D eigenvalue weighted by Crippen LogP contribution is -2.28. The third-order valence-electron chi connectivity index (χ3n) is 3.44. The lowest BCUT2D eigenvalue weighted by Gasteiger charge is -2.20. The first-order valence-electron chi connectivity index (χ1n) is 7.54. The maximum Gasteiger partial charge on any atom is 0.161 e. The van der Waals surface area contributed by atoms with Crippen LogP contribution in [0.2, 0.25) is 0 Å². The second-order valence-electron chi connectivity index (χ2n) is 4.92. The Morgan fingerprint density at radius 1 is 1.10 bits per heavy atom. The van der Waals surface area contributed by atoms with Crippen LogP contribution in [-0.2, 0) is 4.74 Å². The topological polar surface area (TPSA) is 65.7 Å². The number of hydrazine groups is 1. The molecule has 0 fully saturated rings. The SMILES string of the molecule is CCOc1ccc(C(CCC(C)OC)NN)cc1OCC. The summed E-state index contributed by atoms with van der Waals surface area (Å²) < 4.78 is 16.5. The van der Waals surface area contributed by atoms with Gasteiger partial charge in [0.1, 0.15) is 0 Å². The second kappa shape index (κ2) is 9.60. The zero-order chi connectivity index (χ0) is 15.7. The van der Waals surface area contributed by atoms with Gasteiger partial charge in [-0.05, 0) is 51.3 Å². The summed E-state index contributed by atoms with van der Waals surface area (Å²) in [4.78, 5) is 0. The van der Waals surface area contributed by atoms with E-state index in [0.29, 0.717) is 13.2 Å². The summed E-state index contributed by atoms with van der Waals surface area (Å²) in [5, 5.41) is 0. The number of hydrogen-bond acceptors (Lipinski definition) is 5. The predicted molar refractivity (Wildman–Crippen MR) is 84.5 cm³/mol. The Balaban J connectivity index is 2.85. The molecule has 0 spiro atoms. The summed E-state index contributed by atoms with van der Waals surface area (Å²) in [6.07, 6.45) is 2.04. The van der Waals surface area contributed by atoms with Gasteiger partial charge in [0, 0.05) is 13.2 Å². The van der Waals surface area contributed by atoms with Crippen LogP contribution in [0, 0.1) is 0 Å². The largest absolute Gasteiger partial charge is 0.490 e. The maximum atomic E-state index is 5.69. The molecule has 0 aliphatic heterocycles. The Bertz CT molecular complexity index is 413. The highest BCUT2D eigenvalue weighted by atomic mass is 16.5. The van der Waals surface area contributed by atoms with E-state index in [9.17, 15) is 0 Å². The summed E-state index contributed by atoms with van der Waals surface area (Å²) in [6.45, 7) is 7.19. The Hall–Kier alpha value is -1.30. The van der Waals surface area contributed by atoms with Crippen LogP contribution in [0.5, 0.6) is 11.5 Å². The number of benzene rings is 1. The Morgan fingerprint density at radius 2 is 1.76 bits per heavy atom. The van der Waals surface area contributed by atoms with Crippen molar-refractivity contribution in [3.8, 4) is 11.5 Å². The molecular formula is C16H28N2O3. The molecular weight excluding hydrogens is 268 g/mol. The molecule has 120 valence electrons. The van der Waals surface area contributed by atoms with E-state index in [0.717, 1.165) is 29.9 Å². The first kappa shape index (κ1) is 17.8. The van der Waals surface area contributed by atoms with Crippen LogP contribution in [0.25, 0.3) is 0 Å². The molecule has 2 unspecified atom stereocenters. The molecule has 1 aromatic carbocycles. The molecule has 0 aliphatic carbocycles. The fourth-order valence-corrected chi connectivity index (χ4v) is 2.15. The number of nitrogens with one attached hydrogen (secondary N) is 1. The molecule has 0 aromatic heterocycles. The van der Waals surface area contributed by atoms with E-state index in [1.807, 2.05) is 32.0 Å². The van der Waals surface area contributed by atoms with Gasteiger partial charge >= 0.3 is 0 Å².